The second-order valence-corrected chi connectivity index (χ2v) is 11.4. The minimum Gasteiger partial charge on any atom is -0.480 e. The summed E-state index contributed by atoms with van der Waals surface area (Å²) in [6, 6.07) is 10.2. The van der Waals surface area contributed by atoms with Crippen LogP contribution < -0.4 is 19.9 Å². The van der Waals surface area contributed by atoms with Crippen LogP contribution in [0.4, 0.5) is 17.3 Å². The number of fused-ring (bicyclic) bond motifs is 4. The highest BCUT2D eigenvalue weighted by Crippen LogP contribution is 2.55. The summed E-state index contributed by atoms with van der Waals surface area (Å²) in [6.45, 7) is 5.80. The van der Waals surface area contributed by atoms with Crippen LogP contribution in [0, 0.1) is 6.92 Å². The molecule has 1 N–H and O–H groups in total. The molecule has 4 heterocycles. The topological polar surface area (TPSA) is 105 Å². The molecule has 1 atom stereocenters. The Balaban J connectivity index is 1.72. The van der Waals surface area contributed by atoms with E-state index in [0.29, 0.717) is 55.9 Å². The number of amides is 2. The van der Waals surface area contributed by atoms with E-state index in [1.54, 1.807) is 41.4 Å². The lowest BCUT2D eigenvalue weighted by Crippen LogP contribution is -2.51. The number of aryl methyl sites for hydroxylation is 1. The van der Waals surface area contributed by atoms with Gasteiger partial charge in [0, 0.05) is 47.6 Å². The van der Waals surface area contributed by atoms with Crippen molar-refractivity contribution in [1.29, 1.82) is 0 Å². The van der Waals surface area contributed by atoms with Crippen LogP contribution >= 0.6 is 23.2 Å². The van der Waals surface area contributed by atoms with Gasteiger partial charge in [0.1, 0.15) is 5.82 Å². The quantitative estimate of drug-likeness (QED) is 0.328. The van der Waals surface area contributed by atoms with E-state index in [0.717, 1.165) is 5.56 Å². The maximum atomic E-state index is 14.5. The van der Waals surface area contributed by atoms with Gasteiger partial charge in [-0.1, -0.05) is 35.3 Å². The Hall–Kier alpha value is -4.15. The van der Waals surface area contributed by atoms with Crippen LogP contribution in [-0.4, -0.2) is 52.5 Å². The number of rotatable bonds is 5. The van der Waals surface area contributed by atoms with E-state index >= 15 is 0 Å². The maximum Gasteiger partial charge on any atom is 0.280 e. The Bertz CT molecular complexity index is 1770. The van der Waals surface area contributed by atoms with Crippen LogP contribution in [0.1, 0.15) is 47.2 Å². The second kappa shape index (κ2) is 9.46. The Morgan fingerprint density at radius 1 is 1.05 bits per heavy atom. The molecule has 4 aromatic rings. The van der Waals surface area contributed by atoms with E-state index in [4.69, 9.17) is 32.9 Å². The van der Waals surface area contributed by atoms with Crippen LogP contribution in [-0.2, 0) is 10.3 Å². The average Bonchev–Trinajstić information content (AvgIpc) is 3.53. The van der Waals surface area contributed by atoms with Crippen molar-refractivity contribution in [3.05, 3.63) is 75.2 Å². The Labute approximate surface area is 246 Å². The van der Waals surface area contributed by atoms with Crippen molar-refractivity contribution < 1.29 is 14.3 Å². The van der Waals surface area contributed by atoms with E-state index in [1.807, 2.05) is 45.5 Å². The largest absolute Gasteiger partial charge is 0.480 e. The van der Waals surface area contributed by atoms with Crippen LogP contribution in [0.25, 0.3) is 11.4 Å². The predicted octanol–water partition coefficient (Wildman–Crippen LogP) is 5.47. The summed E-state index contributed by atoms with van der Waals surface area (Å²) in [5, 5.41) is 3.87. The molecule has 0 unspecified atom stereocenters. The van der Waals surface area contributed by atoms with Gasteiger partial charge in [-0.25, -0.2) is 9.97 Å². The fourth-order valence-corrected chi connectivity index (χ4v) is 6.05. The fraction of sp³-hybridized carbons (Fsp3) is 0.276. The highest BCUT2D eigenvalue weighted by atomic mass is 35.5. The van der Waals surface area contributed by atoms with Crippen molar-refractivity contribution in [2.45, 2.75) is 32.4 Å². The van der Waals surface area contributed by atoms with Gasteiger partial charge in [0.2, 0.25) is 11.8 Å². The van der Waals surface area contributed by atoms with Gasteiger partial charge in [-0.3, -0.25) is 14.5 Å². The van der Waals surface area contributed by atoms with Gasteiger partial charge in [0.05, 0.1) is 24.1 Å². The summed E-state index contributed by atoms with van der Waals surface area (Å²) >= 11 is 12.8. The highest BCUT2D eigenvalue weighted by Gasteiger charge is 2.64. The van der Waals surface area contributed by atoms with Gasteiger partial charge in [-0.2, -0.15) is 4.98 Å². The van der Waals surface area contributed by atoms with Crippen LogP contribution in [0.15, 0.2) is 42.6 Å². The monoisotopic (exact) mass is 591 g/mol. The van der Waals surface area contributed by atoms with Crippen molar-refractivity contribution in [1.82, 2.24) is 19.5 Å². The number of imidazole rings is 1. The van der Waals surface area contributed by atoms with Crippen molar-refractivity contribution >= 4 is 52.3 Å². The summed E-state index contributed by atoms with van der Waals surface area (Å²) in [5.74, 6) is 0.324. The number of halogens is 2. The number of benzene rings is 2. The van der Waals surface area contributed by atoms with Gasteiger partial charge in [0.15, 0.2) is 11.2 Å². The molecule has 0 fully saturated rings. The molecule has 6 rings (SSSR count). The van der Waals surface area contributed by atoms with E-state index in [-0.39, 0.29) is 11.7 Å². The number of methoxy groups -OCH3 is 1. The molecule has 1 spiro atoms. The Kier molecular flexibility index (Phi) is 6.24. The van der Waals surface area contributed by atoms with Gasteiger partial charge in [0.25, 0.3) is 11.8 Å². The maximum absolute atomic E-state index is 14.5. The standard InChI is InChI=1S/C29H27Cl2N7O3/c1-14(2)37-23-22(34-24(37)18-13-32-28(36(4)5)35-25(18)41-6)26(39)38(21-12-17(31)8-7-15(21)3)29(23)19-10-9-16(30)11-20(19)33-27(29)40/h7-14H,1-6H3,(H,33,40)/t29-/m1/s1. The number of nitrogens with zero attached hydrogens (tertiary/aromatic N) is 6. The average molecular weight is 592 g/mol. The Morgan fingerprint density at radius 3 is 2.44 bits per heavy atom. The lowest BCUT2D eigenvalue weighted by Gasteiger charge is -2.36. The third-order valence-electron chi connectivity index (χ3n) is 7.45. The summed E-state index contributed by atoms with van der Waals surface area (Å²) in [4.78, 5) is 46.0. The van der Waals surface area contributed by atoms with Crippen LogP contribution in [0.5, 0.6) is 5.88 Å². The lowest BCUT2D eigenvalue weighted by molar-refractivity contribution is -0.119. The van der Waals surface area contributed by atoms with Crippen molar-refractivity contribution in [2.75, 3.05) is 36.3 Å². The van der Waals surface area contributed by atoms with E-state index in [2.05, 4.69) is 15.3 Å². The molecule has 2 aromatic carbocycles. The van der Waals surface area contributed by atoms with E-state index in [9.17, 15) is 9.59 Å². The molecule has 0 bridgehead atoms. The smallest absolute Gasteiger partial charge is 0.280 e. The molecule has 2 aromatic heterocycles. The summed E-state index contributed by atoms with van der Waals surface area (Å²) in [6.07, 6.45) is 1.62. The minimum atomic E-state index is -1.59. The molecule has 10 nitrogen and oxygen atoms in total. The first kappa shape index (κ1) is 27.0. The molecular weight excluding hydrogens is 565 g/mol. The number of aromatic nitrogens is 4. The number of hydrogen-bond donors (Lipinski definition) is 1. The zero-order chi connectivity index (χ0) is 29.4. The predicted molar refractivity (Wildman–Crippen MR) is 158 cm³/mol. The number of anilines is 3. The molecule has 210 valence electrons. The number of carbonyl (C=O) groups is 2. The second-order valence-electron chi connectivity index (χ2n) is 10.5. The van der Waals surface area contributed by atoms with Crippen LogP contribution in [0.3, 0.4) is 0 Å². The van der Waals surface area contributed by atoms with Gasteiger partial charge >= 0.3 is 0 Å². The van der Waals surface area contributed by atoms with Crippen molar-refractivity contribution in [3.63, 3.8) is 0 Å². The third-order valence-corrected chi connectivity index (χ3v) is 7.92. The molecule has 2 aliphatic heterocycles. The first-order chi connectivity index (χ1) is 19.5. The molecule has 41 heavy (non-hydrogen) atoms. The number of ether oxygens (including phenoxy) is 1. The molecule has 2 aliphatic rings. The molecule has 0 radical (unpaired) electrons. The van der Waals surface area contributed by atoms with Gasteiger partial charge in [-0.15, -0.1) is 0 Å². The zero-order valence-electron chi connectivity index (χ0n) is 23.3. The SMILES string of the molecule is COc1nc(N(C)C)ncc1-c1nc2c(n1C(C)C)[C@]1(C(=O)Nc3cc(Cl)ccc31)N(c1cc(Cl)ccc1C)C2=O. The molecule has 0 saturated carbocycles. The third kappa shape index (κ3) is 3.74. The molecular formula is C29H27Cl2N7O3. The van der Waals surface area contributed by atoms with E-state index < -0.39 is 17.4 Å². The number of carbonyl (C=O) groups excluding carboxylic acids is 2. The van der Waals surface area contributed by atoms with Crippen LogP contribution in [0.2, 0.25) is 10.0 Å². The normalized spacial score (nSPS) is 17.3. The molecule has 0 saturated heterocycles. The minimum absolute atomic E-state index is 0.143. The van der Waals surface area contributed by atoms with E-state index in [1.165, 1.54) is 12.0 Å². The highest BCUT2D eigenvalue weighted by molar-refractivity contribution is 6.32. The molecule has 0 aliphatic carbocycles. The van der Waals surface area contributed by atoms with Crippen molar-refractivity contribution in [2.24, 2.45) is 0 Å². The fourth-order valence-electron chi connectivity index (χ4n) is 5.71. The van der Waals surface area contributed by atoms with Crippen molar-refractivity contribution in [3.8, 4) is 17.3 Å². The number of nitrogens with one attached hydrogen (secondary N) is 1. The Morgan fingerprint density at radius 2 is 1.76 bits per heavy atom. The summed E-state index contributed by atoms with van der Waals surface area (Å²) in [5.41, 5.74) is 1.85. The molecule has 2 amide bonds. The lowest BCUT2D eigenvalue weighted by atomic mass is 9.86. The summed E-state index contributed by atoms with van der Waals surface area (Å²) < 4.78 is 7.54. The summed E-state index contributed by atoms with van der Waals surface area (Å²) in [7, 11) is 5.17. The number of hydrogen-bond acceptors (Lipinski definition) is 7. The van der Waals surface area contributed by atoms with Gasteiger partial charge < -0.3 is 19.5 Å². The van der Waals surface area contributed by atoms with Gasteiger partial charge in [-0.05, 0) is 50.6 Å². The molecule has 12 heteroatoms. The first-order valence-corrected chi connectivity index (χ1v) is 13.7. The zero-order valence-corrected chi connectivity index (χ0v) is 24.8. The first-order valence-electron chi connectivity index (χ1n) is 12.9.